The Morgan fingerprint density at radius 2 is 1.59 bits per heavy atom. The Hall–Kier alpha value is -4.32. The van der Waals surface area contributed by atoms with Gasteiger partial charge in [0.25, 0.3) is 0 Å². The highest BCUT2D eigenvalue weighted by atomic mass is 19.1. The SMILES string of the molecule is COc1ccc(F)c(-c2ccc(COc3cccc([C@H](C)CC(=O)O)c3)cc2OCc2ccccc2)c1. The molecule has 1 atom stereocenters. The maximum absolute atomic E-state index is 14.8. The summed E-state index contributed by atoms with van der Waals surface area (Å²) in [5, 5.41) is 9.09. The summed E-state index contributed by atoms with van der Waals surface area (Å²) in [6.45, 7) is 2.46. The summed E-state index contributed by atoms with van der Waals surface area (Å²) in [5.74, 6) is 0.382. The van der Waals surface area contributed by atoms with Crippen molar-refractivity contribution in [2.45, 2.75) is 32.5 Å². The van der Waals surface area contributed by atoms with Crippen LogP contribution in [0.5, 0.6) is 17.2 Å². The Kier molecular flexibility index (Phi) is 8.41. The van der Waals surface area contributed by atoms with Crippen LogP contribution < -0.4 is 14.2 Å². The van der Waals surface area contributed by atoms with Crippen LogP contribution in [0.15, 0.2) is 91.0 Å². The number of carboxylic acids is 1. The van der Waals surface area contributed by atoms with Gasteiger partial charge >= 0.3 is 5.97 Å². The van der Waals surface area contributed by atoms with Gasteiger partial charge in [-0.05, 0) is 59.0 Å². The first-order valence-electron chi connectivity index (χ1n) is 12.0. The molecule has 37 heavy (non-hydrogen) atoms. The molecule has 0 spiro atoms. The molecule has 190 valence electrons. The van der Waals surface area contributed by atoms with Crippen molar-refractivity contribution in [1.82, 2.24) is 0 Å². The van der Waals surface area contributed by atoms with Crippen LogP contribution >= 0.6 is 0 Å². The van der Waals surface area contributed by atoms with Gasteiger partial charge in [-0.3, -0.25) is 4.79 Å². The largest absolute Gasteiger partial charge is 0.497 e. The standard InChI is InChI=1S/C31H29FO5/c1-21(15-31(33)34)24-9-6-10-26(17-24)36-20-23-11-13-27(28-18-25(35-2)12-14-29(28)32)30(16-23)37-19-22-7-4-3-5-8-22/h3-14,16-18,21H,15,19-20H2,1-2H3,(H,33,34)/t21-/m1/s1. The molecule has 1 N–H and O–H groups in total. The molecule has 0 aliphatic rings. The van der Waals surface area contributed by atoms with E-state index in [1.807, 2.05) is 79.7 Å². The van der Waals surface area contributed by atoms with Crippen LogP contribution in [0.3, 0.4) is 0 Å². The highest BCUT2D eigenvalue weighted by molar-refractivity contribution is 5.72. The fourth-order valence-electron chi connectivity index (χ4n) is 4.03. The maximum atomic E-state index is 14.8. The molecule has 0 saturated carbocycles. The quantitative estimate of drug-likeness (QED) is 0.235. The van der Waals surface area contributed by atoms with E-state index in [4.69, 9.17) is 19.3 Å². The van der Waals surface area contributed by atoms with Gasteiger partial charge in [-0.1, -0.05) is 61.5 Å². The number of carbonyl (C=O) groups is 1. The first-order valence-corrected chi connectivity index (χ1v) is 12.0. The summed E-state index contributed by atoms with van der Waals surface area (Å²) in [6, 6.07) is 27.4. The second-order valence-corrected chi connectivity index (χ2v) is 8.81. The van der Waals surface area contributed by atoms with E-state index in [0.717, 1.165) is 16.7 Å². The smallest absolute Gasteiger partial charge is 0.303 e. The minimum atomic E-state index is -0.839. The molecule has 0 amide bonds. The molecule has 0 fully saturated rings. The van der Waals surface area contributed by atoms with Gasteiger partial charge in [0.2, 0.25) is 0 Å². The summed E-state index contributed by atoms with van der Waals surface area (Å²) in [6.07, 6.45) is 0.0495. The van der Waals surface area contributed by atoms with Crippen LogP contribution in [0.25, 0.3) is 11.1 Å². The Bertz CT molecular complexity index is 1350. The van der Waals surface area contributed by atoms with E-state index in [2.05, 4.69) is 0 Å². The lowest BCUT2D eigenvalue weighted by molar-refractivity contribution is -0.137. The van der Waals surface area contributed by atoms with Crippen molar-refractivity contribution in [3.63, 3.8) is 0 Å². The van der Waals surface area contributed by atoms with Gasteiger partial charge in [-0.2, -0.15) is 0 Å². The molecule has 0 bridgehead atoms. The molecule has 4 aromatic carbocycles. The highest BCUT2D eigenvalue weighted by Gasteiger charge is 2.15. The Labute approximate surface area is 216 Å². The zero-order valence-corrected chi connectivity index (χ0v) is 20.8. The topological polar surface area (TPSA) is 65.0 Å². The van der Waals surface area contributed by atoms with Gasteiger partial charge in [0.1, 0.15) is 36.3 Å². The number of hydrogen-bond acceptors (Lipinski definition) is 4. The number of halogens is 1. The third-order valence-corrected chi connectivity index (χ3v) is 6.06. The lowest BCUT2D eigenvalue weighted by Crippen LogP contribution is -2.03. The molecule has 0 saturated heterocycles. The Balaban J connectivity index is 1.58. The fourth-order valence-corrected chi connectivity index (χ4v) is 4.03. The van der Waals surface area contributed by atoms with Gasteiger partial charge in [-0.15, -0.1) is 0 Å². The van der Waals surface area contributed by atoms with E-state index < -0.39 is 5.97 Å². The maximum Gasteiger partial charge on any atom is 0.303 e. The fraction of sp³-hybridized carbons (Fsp3) is 0.194. The van der Waals surface area contributed by atoms with Crippen molar-refractivity contribution in [2.75, 3.05) is 7.11 Å². The van der Waals surface area contributed by atoms with E-state index in [-0.39, 0.29) is 24.8 Å². The summed E-state index contributed by atoms with van der Waals surface area (Å²) in [5.41, 5.74) is 3.74. The van der Waals surface area contributed by atoms with Gasteiger partial charge in [-0.25, -0.2) is 4.39 Å². The number of carboxylic acid groups (broad SMARTS) is 1. The zero-order chi connectivity index (χ0) is 26.2. The molecule has 5 nitrogen and oxygen atoms in total. The number of ether oxygens (including phenoxy) is 3. The summed E-state index contributed by atoms with van der Waals surface area (Å²) in [7, 11) is 1.54. The molecule has 0 heterocycles. The molecular formula is C31H29FO5. The lowest BCUT2D eigenvalue weighted by atomic mass is 9.98. The lowest BCUT2D eigenvalue weighted by Gasteiger charge is -2.16. The molecule has 0 aliphatic heterocycles. The molecule has 0 aliphatic carbocycles. The summed E-state index contributed by atoms with van der Waals surface area (Å²) in [4.78, 5) is 11.1. The molecule has 0 radical (unpaired) electrons. The van der Waals surface area contributed by atoms with Crippen molar-refractivity contribution in [3.05, 3.63) is 114 Å². The first kappa shape index (κ1) is 25.8. The molecule has 0 unspecified atom stereocenters. The average molecular weight is 501 g/mol. The van der Waals surface area contributed by atoms with Crippen molar-refractivity contribution >= 4 is 5.97 Å². The van der Waals surface area contributed by atoms with Crippen molar-refractivity contribution in [3.8, 4) is 28.4 Å². The zero-order valence-electron chi connectivity index (χ0n) is 20.8. The van der Waals surface area contributed by atoms with Crippen LogP contribution in [0, 0.1) is 5.82 Å². The molecule has 4 aromatic rings. The second-order valence-electron chi connectivity index (χ2n) is 8.81. The Morgan fingerprint density at radius 1 is 0.811 bits per heavy atom. The summed E-state index contributed by atoms with van der Waals surface area (Å²) < 4.78 is 32.3. The van der Waals surface area contributed by atoms with Gasteiger partial charge < -0.3 is 19.3 Å². The van der Waals surface area contributed by atoms with Gasteiger partial charge in [0.05, 0.1) is 13.5 Å². The predicted octanol–water partition coefficient (Wildman–Crippen LogP) is 7.24. The number of methoxy groups -OCH3 is 1. The third-order valence-electron chi connectivity index (χ3n) is 6.06. The predicted molar refractivity (Wildman–Crippen MR) is 141 cm³/mol. The van der Waals surface area contributed by atoms with Crippen molar-refractivity contribution in [2.24, 2.45) is 0 Å². The normalized spacial score (nSPS) is 11.5. The van der Waals surface area contributed by atoms with Crippen LogP contribution in [0.2, 0.25) is 0 Å². The van der Waals surface area contributed by atoms with Gasteiger partial charge in [0.15, 0.2) is 0 Å². The first-order chi connectivity index (χ1) is 17.9. The second kappa shape index (κ2) is 12.1. The minimum Gasteiger partial charge on any atom is -0.497 e. The van der Waals surface area contributed by atoms with E-state index >= 15 is 0 Å². The van der Waals surface area contributed by atoms with Crippen molar-refractivity contribution in [1.29, 1.82) is 0 Å². The molecule has 0 aromatic heterocycles. The average Bonchev–Trinajstić information content (AvgIpc) is 2.91. The number of aliphatic carboxylic acids is 1. The number of rotatable bonds is 11. The highest BCUT2D eigenvalue weighted by Crippen LogP contribution is 2.36. The monoisotopic (exact) mass is 500 g/mol. The van der Waals surface area contributed by atoms with Crippen LogP contribution in [-0.2, 0) is 18.0 Å². The number of hydrogen-bond donors (Lipinski definition) is 1. The van der Waals surface area contributed by atoms with E-state index in [0.29, 0.717) is 35.0 Å². The van der Waals surface area contributed by atoms with E-state index in [1.165, 1.54) is 6.07 Å². The van der Waals surface area contributed by atoms with Crippen LogP contribution in [-0.4, -0.2) is 18.2 Å². The number of benzene rings is 4. The van der Waals surface area contributed by atoms with E-state index in [1.54, 1.807) is 19.2 Å². The molecular weight excluding hydrogens is 471 g/mol. The van der Waals surface area contributed by atoms with E-state index in [9.17, 15) is 9.18 Å². The molecule has 4 rings (SSSR count). The third kappa shape index (κ3) is 6.88. The van der Waals surface area contributed by atoms with Crippen LogP contribution in [0.1, 0.15) is 36.0 Å². The van der Waals surface area contributed by atoms with Gasteiger partial charge in [0, 0.05) is 11.1 Å². The van der Waals surface area contributed by atoms with Crippen molar-refractivity contribution < 1.29 is 28.5 Å². The minimum absolute atomic E-state index is 0.0495. The summed E-state index contributed by atoms with van der Waals surface area (Å²) >= 11 is 0. The Morgan fingerprint density at radius 3 is 2.35 bits per heavy atom. The molecule has 6 heteroatoms. The van der Waals surface area contributed by atoms with Crippen LogP contribution in [0.4, 0.5) is 4.39 Å².